The Labute approximate surface area is 138 Å². The summed E-state index contributed by atoms with van der Waals surface area (Å²) < 4.78 is 4.51. The minimum absolute atomic E-state index is 0.123. The van der Waals surface area contributed by atoms with Gasteiger partial charge in [0.05, 0.1) is 0 Å². The maximum absolute atomic E-state index is 10.5. The number of ether oxygens (including phenoxy) is 1. The van der Waals surface area contributed by atoms with Crippen molar-refractivity contribution in [2.75, 3.05) is 11.8 Å². The summed E-state index contributed by atoms with van der Waals surface area (Å²) in [4.78, 5) is 29.6. The molecule has 0 radical (unpaired) electrons. The Hall–Kier alpha value is -0.290. The van der Waals surface area contributed by atoms with Crippen molar-refractivity contribution in [1.82, 2.24) is 0 Å². The molecule has 0 bridgehead atoms. The Morgan fingerprint density at radius 3 is 1.90 bits per heavy atom. The molecule has 0 saturated carbocycles. The molecule has 1 unspecified atom stereocenters. The van der Waals surface area contributed by atoms with Gasteiger partial charge in [0.1, 0.15) is 11.7 Å². The molecular formula is C12H16Cl4O4. The maximum atomic E-state index is 10.5. The first-order valence-corrected chi connectivity index (χ1v) is 7.45. The molecule has 1 atom stereocenters. The first kappa shape index (κ1) is 22.0. The summed E-state index contributed by atoms with van der Waals surface area (Å²) >= 11 is 20.2. The van der Waals surface area contributed by atoms with Gasteiger partial charge in [-0.3, -0.25) is 14.4 Å². The fourth-order valence-corrected chi connectivity index (χ4v) is 1.42. The third-order valence-corrected chi connectivity index (χ3v) is 2.48. The lowest BCUT2D eigenvalue weighted by atomic mass is 10.0. The standard InChI is InChI=1S/C6H7ClO2.C4H6Cl2O.C2H3ClO/c1-4-5(2-3-7)6(8)9-4;5-3-1-2-4(6)7;1-2(3)4/h5H,1-3H2;1-3H2;1H3. The fourth-order valence-electron chi connectivity index (χ4n) is 0.939. The normalized spacial score (nSPS) is 15.8. The minimum atomic E-state index is -0.361. The Morgan fingerprint density at radius 1 is 1.25 bits per heavy atom. The highest BCUT2D eigenvalue weighted by Gasteiger charge is 2.34. The van der Waals surface area contributed by atoms with E-state index >= 15 is 0 Å². The van der Waals surface area contributed by atoms with Crippen molar-refractivity contribution in [3.05, 3.63) is 12.3 Å². The molecule has 0 aromatic rings. The van der Waals surface area contributed by atoms with Crippen LogP contribution in [0.2, 0.25) is 0 Å². The largest absolute Gasteiger partial charge is 0.430 e. The first-order valence-electron chi connectivity index (χ1n) is 5.63. The maximum Gasteiger partial charge on any atom is 0.321 e. The lowest BCUT2D eigenvalue weighted by Gasteiger charge is -2.25. The van der Waals surface area contributed by atoms with Crippen molar-refractivity contribution in [3.8, 4) is 0 Å². The highest BCUT2D eigenvalue weighted by Crippen LogP contribution is 2.27. The van der Waals surface area contributed by atoms with Gasteiger partial charge in [0.15, 0.2) is 0 Å². The molecule has 8 heteroatoms. The van der Waals surface area contributed by atoms with Crippen LogP contribution in [-0.4, -0.2) is 28.2 Å². The molecule has 1 rings (SSSR count). The number of cyclic esters (lactones) is 1. The number of esters is 1. The highest BCUT2D eigenvalue weighted by molar-refractivity contribution is 6.63. The van der Waals surface area contributed by atoms with E-state index in [1.165, 1.54) is 6.92 Å². The molecule has 4 nitrogen and oxygen atoms in total. The summed E-state index contributed by atoms with van der Waals surface area (Å²) in [6.45, 7) is 4.80. The van der Waals surface area contributed by atoms with Crippen molar-refractivity contribution in [2.45, 2.75) is 26.2 Å². The van der Waals surface area contributed by atoms with Gasteiger partial charge >= 0.3 is 5.97 Å². The second-order valence-corrected chi connectivity index (χ2v) is 5.25. The van der Waals surface area contributed by atoms with E-state index in [9.17, 15) is 14.4 Å². The minimum Gasteiger partial charge on any atom is -0.430 e. The topological polar surface area (TPSA) is 60.4 Å². The van der Waals surface area contributed by atoms with E-state index in [1.807, 2.05) is 0 Å². The lowest BCUT2D eigenvalue weighted by molar-refractivity contribution is -0.156. The zero-order valence-corrected chi connectivity index (χ0v) is 14.0. The summed E-state index contributed by atoms with van der Waals surface area (Å²) in [5.41, 5.74) is 0. The zero-order chi connectivity index (χ0) is 16.1. The third-order valence-electron chi connectivity index (χ3n) is 1.81. The van der Waals surface area contributed by atoms with Gasteiger partial charge in [0.2, 0.25) is 10.5 Å². The number of carbonyl (C=O) groups excluding carboxylic acids is 3. The van der Waals surface area contributed by atoms with Crippen LogP contribution in [0.1, 0.15) is 26.2 Å². The van der Waals surface area contributed by atoms with Crippen LogP contribution in [0.4, 0.5) is 0 Å². The Morgan fingerprint density at radius 2 is 1.75 bits per heavy atom. The second-order valence-electron chi connectivity index (χ2n) is 3.54. The van der Waals surface area contributed by atoms with Crippen molar-refractivity contribution in [1.29, 1.82) is 0 Å². The van der Waals surface area contributed by atoms with Crippen LogP contribution < -0.4 is 0 Å². The van der Waals surface area contributed by atoms with Crippen LogP contribution in [0.3, 0.4) is 0 Å². The van der Waals surface area contributed by atoms with Crippen LogP contribution >= 0.6 is 46.4 Å². The molecule has 0 amide bonds. The van der Waals surface area contributed by atoms with Crippen molar-refractivity contribution >= 4 is 62.9 Å². The quantitative estimate of drug-likeness (QED) is 0.421. The number of hydrogen-bond donors (Lipinski definition) is 0. The summed E-state index contributed by atoms with van der Waals surface area (Å²) in [5, 5.41) is -0.666. The number of halogens is 4. The van der Waals surface area contributed by atoms with Gasteiger partial charge in [-0.25, -0.2) is 0 Å². The van der Waals surface area contributed by atoms with Crippen LogP contribution in [0, 0.1) is 5.92 Å². The van der Waals surface area contributed by atoms with Crippen molar-refractivity contribution in [3.63, 3.8) is 0 Å². The van der Waals surface area contributed by atoms with Crippen LogP contribution in [-0.2, 0) is 19.1 Å². The molecule has 0 spiro atoms. The van der Waals surface area contributed by atoms with Crippen molar-refractivity contribution in [2.24, 2.45) is 5.92 Å². The molecule has 0 N–H and O–H groups in total. The van der Waals surface area contributed by atoms with Gasteiger partial charge in [0, 0.05) is 25.1 Å². The second kappa shape index (κ2) is 13.7. The predicted octanol–water partition coefficient (Wildman–Crippen LogP) is 3.84. The predicted molar refractivity (Wildman–Crippen MR) is 81.4 cm³/mol. The summed E-state index contributed by atoms with van der Waals surface area (Å²) in [5.74, 6) is 1.24. The van der Waals surface area contributed by atoms with Gasteiger partial charge in [-0.05, 0) is 36.0 Å². The lowest BCUT2D eigenvalue weighted by Crippen LogP contribution is -2.31. The van der Waals surface area contributed by atoms with Crippen LogP contribution in [0.25, 0.3) is 0 Å². The molecule has 1 aliphatic rings. The number of carbonyl (C=O) groups is 3. The Kier molecular flexibility index (Phi) is 15.0. The average molecular weight is 366 g/mol. The van der Waals surface area contributed by atoms with Gasteiger partial charge < -0.3 is 4.74 Å². The van der Waals surface area contributed by atoms with Crippen LogP contribution in [0.5, 0.6) is 0 Å². The molecule has 1 fully saturated rings. The summed E-state index contributed by atoms with van der Waals surface area (Å²) in [6.07, 6.45) is 1.73. The number of hydrogen-bond acceptors (Lipinski definition) is 4. The van der Waals surface area contributed by atoms with E-state index in [-0.39, 0.29) is 22.4 Å². The first-order chi connectivity index (χ1) is 9.26. The molecular weight excluding hydrogens is 350 g/mol. The Balaban J connectivity index is 0. The fraction of sp³-hybridized carbons (Fsp3) is 0.583. The number of rotatable bonds is 5. The van der Waals surface area contributed by atoms with E-state index < -0.39 is 0 Å². The number of alkyl halides is 2. The monoisotopic (exact) mass is 364 g/mol. The van der Waals surface area contributed by atoms with Crippen molar-refractivity contribution < 1.29 is 19.1 Å². The molecule has 0 aromatic carbocycles. The summed E-state index contributed by atoms with van der Waals surface area (Å²) in [7, 11) is 0. The molecule has 1 heterocycles. The smallest absolute Gasteiger partial charge is 0.321 e. The molecule has 1 aliphatic heterocycles. The zero-order valence-electron chi connectivity index (χ0n) is 11.0. The Bertz CT molecular complexity index is 326. The average Bonchev–Trinajstić information content (AvgIpc) is 2.34. The van der Waals surface area contributed by atoms with Gasteiger partial charge in [-0.2, -0.15) is 0 Å². The summed E-state index contributed by atoms with van der Waals surface area (Å²) in [6, 6.07) is 0. The molecule has 116 valence electrons. The van der Waals surface area contributed by atoms with E-state index in [1.54, 1.807) is 0 Å². The van der Waals surface area contributed by atoms with E-state index in [4.69, 9.17) is 34.8 Å². The van der Waals surface area contributed by atoms with E-state index in [2.05, 4.69) is 22.9 Å². The molecule has 20 heavy (non-hydrogen) atoms. The molecule has 1 saturated heterocycles. The van der Waals surface area contributed by atoms with E-state index in [0.29, 0.717) is 36.8 Å². The third kappa shape index (κ3) is 14.1. The van der Waals surface area contributed by atoms with Gasteiger partial charge in [-0.1, -0.05) is 6.58 Å². The molecule has 0 aliphatic carbocycles. The van der Waals surface area contributed by atoms with Crippen LogP contribution in [0.15, 0.2) is 12.3 Å². The van der Waals surface area contributed by atoms with Gasteiger partial charge in [0.25, 0.3) is 0 Å². The molecule has 0 aromatic heterocycles. The van der Waals surface area contributed by atoms with E-state index in [0.717, 1.165) is 0 Å². The van der Waals surface area contributed by atoms with Gasteiger partial charge in [-0.15, -0.1) is 23.2 Å². The SMILES string of the molecule is C=C1OC(=O)C1CCCl.CC(=O)Cl.O=C(Cl)CCCCl. The highest BCUT2D eigenvalue weighted by atomic mass is 35.5.